The number of carbonyl (C=O) groups excluding carboxylic acids is 1. The van der Waals surface area contributed by atoms with Crippen LogP contribution in [0.5, 0.6) is 0 Å². The van der Waals surface area contributed by atoms with E-state index in [1.165, 1.54) is 16.4 Å². The van der Waals surface area contributed by atoms with Gasteiger partial charge in [-0.25, -0.2) is 12.8 Å². The molecule has 1 atom stereocenters. The van der Waals surface area contributed by atoms with E-state index >= 15 is 0 Å². The molecule has 0 aliphatic carbocycles. The monoisotopic (exact) mass is 343 g/mol. The summed E-state index contributed by atoms with van der Waals surface area (Å²) in [6.07, 6.45) is 0. The number of hydrogen-bond donors (Lipinski definition) is 1. The number of benzene rings is 1. The highest BCUT2D eigenvalue weighted by Gasteiger charge is 2.31. The van der Waals surface area contributed by atoms with Crippen molar-refractivity contribution in [3.05, 3.63) is 30.1 Å². The first-order valence-corrected chi connectivity index (χ1v) is 8.99. The van der Waals surface area contributed by atoms with E-state index in [1.54, 1.807) is 11.9 Å². The molecule has 1 aliphatic heterocycles. The Morgan fingerprint density at radius 3 is 2.30 bits per heavy atom. The predicted molar refractivity (Wildman–Crippen MR) is 84.8 cm³/mol. The van der Waals surface area contributed by atoms with E-state index in [0.29, 0.717) is 19.6 Å². The molecule has 1 aliphatic rings. The Balaban J connectivity index is 2.01. The van der Waals surface area contributed by atoms with Gasteiger partial charge in [0.2, 0.25) is 15.9 Å². The Morgan fingerprint density at radius 1 is 1.22 bits per heavy atom. The van der Waals surface area contributed by atoms with E-state index in [9.17, 15) is 17.6 Å². The number of nitrogens with one attached hydrogen (secondary N) is 1. The molecule has 0 radical (unpaired) electrons. The molecule has 0 saturated carbocycles. The zero-order valence-electron chi connectivity index (χ0n) is 13.3. The number of amides is 1. The summed E-state index contributed by atoms with van der Waals surface area (Å²) in [5.41, 5.74) is 0. The summed E-state index contributed by atoms with van der Waals surface area (Å²) >= 11 is 0. The van der Waals surface area contributed by atoms with Gasteiger partial charge in [0.15, 0.2) is 0 Å². The lowest BCUT2D eigenvalue weighted by Gasteiger charge is -2.35. The lowest BCUT2D eigenvalue weighted by Crippen LogP contribution is -2.52. The Bertz CT molecular complexity index is 640. The lowest BCUT2D eigenvalue weighted by atomic mass is 10.1. The van der Waals surface area contributed by atoms with Gasteiger partial charge in [-0.2, -0.15) is 4.31 Å². The average molecular weight is 343 g/mol. The van der Waals surface area contributed by atoms with Crippen molar-refractivity contribution in [2.75, 3.05) is 39.8 Å². The third-order valence-corrected chi connectivity index (χ3v) is 5.85. The van der Waals surface area contributed by atoms with E-state index in [1.807, 2.05) is 6.92 Å². The quantitative estimate of drug-likeness (QED) is 0.846. The molecule has 0 aromatic heterocycles. The summed E-state index contributed by atoms with van der Waals surface area (Å²) in [6, 6.07) is 4.78. The van der Waals surface area contributed by atoms with E-state index in [0.717, 1.165) is 12.1 Å². The fourth-order valence-corrected chi connectivity index (χ4v) is 4.03. The molecule has 2 rings (SSSR count). The zero-order chi connectivity index (χ0) is 17.0. The topological polar surface area (TPSA) is 69.7 Å². The molecule has 6 nitrogen and oxygen atoms in total. The highest BCUT2D eigenvalue weighted by Crippen LogP contribution is 2.18. The molecule has 0 spiro atoms. The minimum Gasteiger partial charge on any atom is -0.340 e. The van der Waals surface area contributed by atoms with Crippen molar-refractivity contribution in [3.63, 3.8) is 0 Å². The Morgan fingerprint density at radius 2 is 1.78 bits per heavy atom. The summed E-state index contributed by atoms with van der Waals surface area (Å²) in [5.74, 6) is -0.587. The Hall–Kier alpha value is -1.51. The number of hydrogen-bond acceptors (Lipinski definition) is 4. The summed E-state index contributed by atoms with van der Waals surface area (Å²) in [5, 5.41) is 2.96. The number of rotatable bonds is 5. The molecule has 1 amide bonds. The maximum atomic E-state index is 12.9. The zero-order valence-corrected chi connectivity index (χ0v) is 14.1. The number of halogens is 1. The highest BCUT2D eigenvalue weighted by molar-refractivity contribution is 7.89. The second-order valence-electron chi connectivity index (χ2n) is 5.64. The first-order chi connectivity index (χ1) is 10.9. The van der Waals surface area contributed by atoms with E-state index < -0.39 is 15.8 Å². The van der Waals surface area contributed by atoms with E-state index in [-0.39, 0.29) is 29.8 Å². The molecule has 1 saturated heterocycles. The van der Waals surface area contributed by atoms with Crippen LogP contribution in [0.4, 0.5) is 4.39 Å². The van der Waals surface area contributed by atoms with Gasteiger partial charge in [-0.05, 0) is 31.3 Å². The van der Waals surface area contributed by atoms with E-state index in [4.69, 9.17) is 0 Å². The summed E-state index contributed by atoms with van der Waals surface area (Å²) < 4.78 is 39.3. The van der Waals surface area contributed by atoms with Crippen LogP contribution < -0.4 is 5.32 Å². The van der Waals surface area contributed by atoms with Crippen LogP contribution >= 0.6 is 0 Å². The largest absolute Gasteiger partial charge is 0.340 e. The van der Waals surface area contributed by atoms with Crippen molar-refractivity contribution in [1.82, 2.24) is 14.5 Å². The second-order valence-corrected chi connectivity index (χ2v) is 7.58. The van der Waals surface area contributed by atoms with Crippen molar-refractivity contribution in [1.29, 1.82) is 0 Å². The molecular formula is C15H22FN3O3S. The molecule has 1 N–H and O–H groups in total. The fraction of sp³-hybridized carbons (Fsp3) is 0.533. The molecule has 0 bridgehead atoms. The molecule has 1 aromatic carbocycles. The standard InChI is InChI=1S/C15H22FN3O3S/c1-12(11-17-2)15(20)18-7-9-19(10-8-18)23(21,22)14-5-3-13(16)4-6-14/h3-6,12,17H,7-11H2,1-2H3. The van der Waals surface area contributed by atoms with Gasteiger partial charge in [0, 0.05) is 38.6 Å². The van der Waals surface area contributed by atoms with Gasteiger partial charge in [-0.15, -0.1) is 0 Å². The van der Waals surface area contributed by atoms with Gasteiger partial charge in [0.05, 0.1) is 4.90 Å². The molecule has 128 valence electrons. The van der Waals surface area contributed by atoms with Crippen molar-refractivity contribution >= 4 is 15.9 Å². The molecule has 1 aromatic rings. The molecule has 1 unspecified atom stereocenters. The summed E-state index contributed by atoms with van der Waals surface area (Å²) in [4.78, 5) is 14.0. The Kier molecular flexibility index (Phi) is 5.72. The minimum atomic E-state index is -3.64. The van der Waals surface area contributed by atoms with E-state index in [2.05, 4.69) is 5.32 Å². The lowest BCUT2D eigenvalue weighted by molar-refractivity contribution is -0.136. The molecule has 1 fully saturated rings. The fourth-order valence-electron chi connectivity index (χ4n) is 2.61. The van der Waals surface area contributed by atoms with Crippen LogP contribution in [-0.2, 0) is 14.8 Å². The van der Waals surface area contributed by atoms with Crippen molar-refractivity contribution in [2.45, 2.75) is 11.8 Å². The van der Waals surface area contributed by atoms with Gasteiger partial charge in [0.1, 0.15) is 5.82 Å². The van der Waals surface area contributed by atoms with Crippen LogP contribution in [0.3, 0.4) is 0 Å². The third kappa shape index (κ3) is 4.07. The number of nitrogens with zero attached hydrogens (tertiary/aromatic N) is 2. The van der Waals surface area contributed by atoms with Crippen molar-refractivity contribution < 1.29 is 17.6 Å². The molecule has 1 heterocycles. The minimum absolute atomic E-state index is 0.0261. The number of sulfonamides is 1. The maximum Gasteiger partial charge on any atom is 0.243 e. The van der Waals surface area contributed by atoms with Crippen LogP contribution in [0.15, 0.2) is 29.2 Å². The first kappa shape index (κ1) is 17.8. The van der Waals surface area contributed by atoms with Crippen LogP contribution in [-0.4, -0.2) is 63.3 Å². The highest BCUT2D eigenvalue weighted by atomic mass is 32.2. The normalized spacial score (nSPS) is 18.0. The van der Waals surface area contributed by atoms with Crippen LogP contribution in [0.1, 0.15) is 6.92 Å². The third-order valence-electron chi connectivity index (χ3n) is 3.93. The van der Waals surface area contributed by atoms with Gasteiger partial charge in [-0.3, -0.25) is 4.79 Å². The number of piperazine rings is 1. The summed E-state index contributed by atoms with van der Waals surface area (Å²) in [6.45, 7) is 3.67. The summed E-state index contributed by atoms with van der Waals surface area (Å²) in [7, 11) is -1.85. The first-order valence-electron chi connectivity index (χ1n) is 7.55. The van der Waals surface area contributed by atoms with Crippen LogP contribution in [0.2, 0.25) is 0 Å². The Labute approximate surface area is 136 Å². The maximum absolute atomic E-state index is 12.9. The van der Waals surface area contributed by atoms with Gasteiger partial charge in [-0.1, -0.05) is 6.92 Å². The van der Waals surface area contributed by atoms with Gasteiger partial charge >= 0.3 is 0 Å². The smallest absolute Gasteiger partial charge is 0.243 e. The SMILES string of the molecule is CNCC(C)C(=O)N1CCN(S(=O)(=O)c2ccc(F)cc2)CC1. The van der Waals surface area contributed by atoms with Crippen LogP contribution in [0, 0.1) is 11.7 Å². The predicted octanol–water partition coefficient (Wildman–Crippen LogP) is 0.514. The van der Waals surface area contributed by atoms with Gasteiger partial charge < -0.3 is 10.2 Å². The molecule has 23 heavy (non-hydrogen) atoms. The van der Waals surface area contributed by atoms with Crippen molar-refractivity contribution in [2.24, 2.45) is 5.92 Å². The second kappa shape index (κ2) is 7.37. The van der Waals surface area contributed by atoms with Crippen molar-refractivity contribution in [3.8, 4) is 0 Å². The average Bonchev–Trinajstić information content (AvgIpc) is 2.55. The van der Waals surface area contributed by atoms with Crippen LogP contribution in [0.25, 0.3) is 0 Å². The number of carbonyl (C=O) groups is 1. The van der Waals surface area contributed by atoms with Gasteiger partial charge in [0.25, 0.3) is 0 Å². The molecular weight excluding hydrogens is 321 g/mol. The molecule has 8 heteroatoms.